The van der Waals surface area contributed by atoms with Gasteiger partial charge in [0.15, 0.2) is 0 Å². The molecule has 1 aromatic carbocycles. The molecule has 1 fully saturated rings. The average molecular weight is 302 g/mol. The highest BCUT2D eigenvalue weighted by atomic mass is 16.5. The molecule has 0 amide bonds. The zero-order valence-electron chi connectivity index (χ0n) is 13.0. The van der Waals surface area contributed by atoms with E-state index in [9.17, 15) is 10.1 Å². The number of hydrogen-bond acceptors (Lipinski definition) is 5. The van der Waals surface area contributed by atoms with Crippen LogP contribution in [0.1, 0.15) is 30.4 Å². The lowest BCUT2D eigenvalue weighted by molar-refractivity contribution is -0.141. The molecule has 1 heterocycles. The summed E-state index contributed by atoms with van der Waals surface area (Å²) in [5.41, 5.74) is 1.66. The minimum absolute atomic E-state index is 0.215. The van der Waals surface area contributed by atoms with Crippen molar-refractivity contribution >= 4 is 5.97 Å². The Kier molecular flexibility index (Phi) is 6.38. The molecule has 0 N–H and O–H groups in total. The first-order valence-electron chi connectivity index (χ1n) is 7.61. The van der Waals surface area contributed by atoms with Crippen molar-refractivity contribution in [1.29, 1.82) is 5.26 Å². The number of methoxy groups -OCH3 is 1. The molecule has 22 heavy (non-hydrogen) atoms. The first kappa shape index (κ1) is 16.5. The summed E-state index contributed by atoms with van der Waals surface area (Å²) in [6, 6.07) is 9.79. The second-order valence-electron chi connectivity index (χ2n) is 5.47. The second kappa shape index (κ2) is 8.52. The van der Waals surface area contributed by atoms with Crippen molar-refractivity contribution in [3.05, 3.63) is 35.4 Å². The predicted octanol–water partition coefficient (Wildman–Crippen LogP) is 2.10. The van der Waals surface area contributed by atoms with Crippen molar-refractivity contribution in [2.45, 2.75) is 31.9 Å². The lowest BCUT2D eigenvalue weighted by atomic mass is 10.1. The molecule has 0 aromatic heterocycles. The molecule has 1 atom stereocenters. The molecule has 1 unspecified atom stereocenters. The minimum atomic E-state index is -0.217. The molecule has 0 spiro atoms. The van der Waals surface area contributed by atoms with Gasteiger partial charge in [-0.2, -0.15) is 5.26 Å². The largest absolute Gasteiger partial charge is 0.469 e. The molecule has 0 aliphatic carbocycles. The predicted molar refractivity (Wildman–Crippen MR) is 82.0 cm³/mol. The van der Waals surface area contributed by atoms with Gasteiger partial charge in [0.25, 0.3) is 0 Å². The van der Waals surface area contributed by atoms with Crippen LogP contribution in [0.5, 0.6) is 0 Å². The molecular formula is C17H22N2O3. The summed E-state index contributed by atoms with van der Waals surface area (Å²) >= 11 is 0. The number of nitrogens with zero attached hydrogens (tertiary/aromatic N) is 2. The summed E-state index contributed by atoms with van der Waals surface area (Å²) in [6.07, 6.45) is 2.70. The van der Waals surface area contributed by atoms with E-state index in [1.165, 1.54) is 7.11 Å². The van der Waals surface area contributed by atoms with Crippen LogP contribution in [-0.2, 0) is 20.8 Å². The van der Waals surface area contributed by atoms with Gasteiger partial charge in [-0.3, -0.25) is 9.69 Å². The van der Waals surface area contributed by atoms with Gasteiger partial charge in [-0.05, 0) is 24.5 Å². The smallest absolute Gasteiger partial charge is 0.306 e. The molecule has 5 nitrogen and oxygen atoms in total. The Morgan fingerprint density at radius 3 is 3.00 bits per heavy atom. The second-order valence-corrected chi connectivity index (χ2v) is 5.47. The van der Waals surface area contributed by atoms with Crippen LogP contribution in [0.15, 0.2) is 24.3 Å². The molecular weight excluding hydrogens is 280 g/mol. The van der Waals surface area contributed by atoms with Gasteiger partial charge in [-0.1, -0.05) is 18.2 Å². The van der Waals surface area contributed by atoms with Crippen LogP contribution in [0, 0.1) is 11.3 Å². The highest BCUT2D eigenvalue weighted by Crippen LogP contribution is 2.17. The van der Waals surface area contributed by atoms with Crippen LogP contribution in [0.4, 0.5) is 0 Å². The SMILES string of the molecule is COC(=O)CCN(Cc1ccccc1C#N)CC1CCCO1. The minimum Gasteiger partial charge on any atom is -0.469 e. The standard InChI is InChI=1S/C17H22N2O3/c1-21-17(20)8-9-19(13-16-7-4-10-22-16)12-15-6-3-2-5-14(15)11-18/h2-3,5-6,16H,4,7-10,12-13H2,1H3. The highest BCUT2D eigenvalue weighted by Gasteiger charge is 2.20. The number of rotatable bonds is 7. The molecule has 1 aliphatic rings. The van der Waals surface area contributed by atoms with Crippen molar-refractivity contribution in [2.75, 3.05) is 26.8 Å². The van der Waals surface area contributed by atoms with Crippen LogP contribution in [0.2, 0.25) is 0 Å². The van der Waals surface area contributed by atoms with Crippen LogP contribution in [-0.4, -0.2) is 43.8 Å². The van der Waals surface area contributed by atoms with Crippen LogP contribution in [0.25, 0.3) is 0 Å². The zero-order valence-corrected chi connectivity index (χ0v) is 13.0. The maximum Gasteiger partial charge on any atom is 0.306 e. The van der Waals surface area contributed by atoms with Gasteiger partial charge in [-0.25, -0.2) is 0 Å². The van der Waals surface area contributed by atoms with E-state index >= 15 is 0 Å². The van der Waals surface area contributed by atoms with E-state index in [-0.39, 0.29) is 12.1 Å². The molecule has 0 bridgehead atoms. The van der Waals surface area contributed by atoms with Crippen molar-refractivity contribution in [2.24, 2.45) is 0 Å². The van der Waals surface area contributed by atoms with Gasteiger partial charge in [0.05, 0.1) is 31.3 Å². The Labute approximate surface area is 131 Å². The maximum atomic E-state index is 11.4. The number of nitriles is 1. The van der Waals surface area contributed by atoms with Gasteiger partial charge in [-0.15, -0.1) is 0 Å². The third-order valence-electron chi connectivity index (χ3n) is 3.88. The molecule has 1 aliphatic heterocycles. The summed E-state index contributed by atoms with van der Waals surface area (Å²) in [7, 11) is 1.40. The van der Waals surface area contributed by atoms with Crippen LogP contribution in [0.3, 0.4) is 0 Å². The van der Waals surface area contributed by atoms with E-state index in [1.807, 2.05) is 24.3 Å². The average Bonchev–Trinajstić information content (AvgIpc) is 3.05. The van der Waals surface area contributed by atoms with Gasteiger partial charge in [0, 0.05) is 26.2 Å². The normalized spacial score (nSPS) is 17.4. The number of benzene rings is 1. The van der Waals surface area contributed by atoms with Gasteiger partial charge >= 0.3 is 5.97 Å². The zero-order chi connectivity index (χ0) is 15.8. The van der Waals surface area contributed by atoms with Crippen molar-refractivity contribution < 1.29 is 14.3 Å². The fourth-order valence-electron chi connectivity index (χ4n) is 2.67. The lowest BCUT2D eigenvalue weighted by Gasteiger charge is -2.25. The summed E-state index contributed by atoms with van der Waals surface area (Å²) in [4.78, 5) is 13.6. The fourth-order valence-corrected chi connectivity index (χ4v) is 2.67. The lowest BCUT2D eigenvalue weighted by Crippen LogP contribution is -2.34. The number of hydrogen-bond donors (Lipinski definition) is 0. The monoisotopic (exact) mass is 302 g/mol. The van der Waals surface area contributed by atoms with Crippen molar-refractivity contribution in [3.8, 4) is 6.07 Å². The molecule has 0 saturated carbocycles. The quantitative estimate of drug-likeness (QED) is 0.722. The summed E-state index contributed by atoms with van der Waals surface area (Å²) in [6.45, 7) is 2.83. The van der Waals surface area contributed by atoms with E-state index in [0.29, 0.717) is 25.1 Å². The third-order valence-corrected chi connectivity index (χ3v) is 3.88. The maximum absolute atomic E-state index is 11.4. The van der Waals surface area contributed by atoms with Gasteiger partial charge in [0.1, 0.15) is 0 Å². The first-order valence-corrected chi connectivity index (χ1v) is 7.61. The molecule has 1 aromatic rings. The Morgan fingerprint density at radius 1 is 1.50 bits per heavy atom. The molecule has 5 heteroatoms. The Morgan fingerprint density at radius 2 is 2.32 bits per heavy atom. The van der Waals surface area contributed by atoms with Gasteiger partial charge < -0.3 is 9.47 Å². The van der Waals surface area contributed by atoms with Crippen molar-refractivity contribution in [3.63, 3.8) is 0 Å². The Bertz CT molecular complexity index is 533. The van der Waals surface area contributed by atoms with E-state index in [4.69, 9.17) is 9.47 Å². The fraction of sp³-hybridized carbons (Fsp3) is 0.529. The van der Waals surface area contributed by atoms with E-state index in [2.05, 4.69) is 11.0 Å². The topological polar surface area (TPSA) is 62.6 Å². The first-order chi connectivity index (χ1) is 10.7. The molecule has 2 rings (SSSR count). The summed E-state index contributed by atoms with van der Waals surface area (Å²) in [5, 5.41) is 9.20. The summed E-state index contributed by atoms with van der Waals surface area (Å²) < 4.78 is 10.4. The number of ether oxygens (including phenoxy) is 2. The highest BCUT2D eigenvalue weighted by molar-refractivity contribution is 5.69. The summed E-state index contributed by atoms with van der Waals surface area (Å²) in [5.74, 6) is -0.217. The Hall–Kier alpha value is -1.90. The molecule has 118 valence electrons. The van der Waals surface area contributed by atoms with Crippen molar-refractivity contribution in [1.82, 2.24) is 4.90 Å². The van der Waals surface area contributed by atoms with Crippen LogP contribution < -0.4 is 0 Å². The molecule has 1 saturated heterocycles. The number of esters is 1. The number of carbonyl (C=O) groups excluding carboxylic acids is 1. The Balaban J connectivity index is 2.02. The van der Waals surface area contributed by atoms with Gasteiger partial charge in [0.2, 0.25) is 0 Å². The van der Waals surface area contributed by atoms with E-state index < -0.39 is 0 Å². The number of carbonyl (C=O) groups is 1. The molecule has 0 radical (unpaired) electrons. The van der Waals surface area contributed by atoms with Crippen LogP contribution >= 0.6 is 0 Å². The van der Waals surface area contributed by atoms with E-state index in [1.54, 1.807) is 0 Å². The van der Waals surface area contributed by atoms with E-state index in [0.717, 1.165) is 31.6 Å². The third kappa shape index (κ3) is 4.83.